The number of aryl methyl sites for hydroxylation is 1. The van der Waals surface area contributed by atoms with E-state index in [1.807, 2.05) is 13.1 Å². The lowest BCUT2D eigenvalue weighted by Gasteiger charge is -2.08. The van der Waals surface area contributed by atoms with Crippen LogP contribution < -0.4 is 5.32 Å². The van der Waals surface area contributed by atoms with Gasteiger partial charge in [-0.05, 0) is 13.3 Å². The van der Waals surface area contributed by atoms with Gasteiger partial charge in [-0.2, -0.15) is 5.10 Å². The normalized spacial score (nSPS) is 18.0. The molecule has 3 heterocycles. The molecule has 21 heavy (non-hydrogen) atoms. The Labute approximate surface area is 126 Å². The highest BCUT2D eigenvalue weighted by atomic mass is 32.1. The molecule has 0 radical (unpaired) electrons. The molecule has 1 saturated heterocycles. The van der Waals surface area contributed by atoms with Crippen LogP contribution in [0.25, 0.3) is 0 Å². The summed E-state index contributed by atoms with van der Waals surface area (Å²) in [6.07, 6.45) is 5.14. The highest BCUT2D eigenvalue weighted by Crippen LogP contribution is 2.25. The summed E-state index contributed by atoms with van der Waals surface area (Å²) >= 11 is 1.66. The second kappa shape index (κ2) is 6.36. The van der Waals surface area contributed by atoms with Gasteiger partial charge >= 0.3 is 0 Å². The third kappa shape index (κ3) is 3.30. The van der Waals surface area contributed by atoms with Gasteiger partial charge in [-0.15, -0.1) is 11.3 Å². The van der Waals surface area contributed by atoms with Crippen molar-refractivity contribution in [3.05, 3.63) is 33.5 Å². The van der Waals surface area contributed by atoms with E-state index in [2.05, 4.69) is 20.5 Å². The second-order valence-electron chi connectivity index (χ2n) is 5.13. The Balaban J connectivity index is 1.57. The smallest absolute Gasteiger partial charge is 0.254 e. The molecule has 112 valence electrons. The molecule has 0 spiro atoms. The fourth-order valence-corrected chi connectivity index (χ4v) is 3.23. The van der Waals surface area contributed by atoms with Crippen molar-refractivity contribution in [3.63, 3.8) is 0 Å². The van der Waals surface area contributed by atoms with Crippen LogP contribution in [-0.4, -0.2) is 40.8 Å². The summed E-state index contributed by atoms with van der Waals surface area (Å²) in [5.41, 5.74) is 1.51. The first kappa shape index (κ1) is 14.2. The second-order valence-corrected chi connectivity index (χ2v) is 6.45. The van der Waals surface area contributed by atoms with Crippen molar-refractivity contribution in [2.24, 2.45) is 0 Å². The SMILES string of the molecule is Cc1cnc(CCNC(=O)c2cn[nH]c2[C@@H]2CCOC2)s1. The third-order valence-electron chi connectivity index (χ3n) is 3.54. The highest BCUT2D eigenvalue weighted by Gasteiger charge is 2.25. The van der Waals surface area contributed by atoms with Crippen LogP contribution >= 0.6 is 11.3 Å². The molecular weight excluding hydrogens is 288 g/mol. The van der Waals surface area contributed by atoms with E-state index in [4.69, 9.17) is 4.74 Å². The Kier molecular flexibility index (Phi) is 4.31. The number of hydrogen-bond acceptors (Lipinski definition) is 5. The molecular formula is C14H18N4O2S. The summed E-state index contributed by atoms with van der Waals surface area (Å²) in [5.74, 6) is 0.161. The van der Waals surface area contributed by atoms with Crippen LogP contribution in [0, 0.1) is 6.92 Å². The van der Waals surface area contributed by atoms with Crippen molar-refractivity contribution < 1.29 is 9.53 Å². The van der Waals surface area contributed by atoms with Crippen LogP contribution in [0.3, 0.4) is 0 Å². The van der Waals surface area contributed by atoms with E-state index >= 15 is 0 Å². The molecule has 1 fully saturated rings. The molecule has 1 amide bonds. The predicted octanol–water partition coefficient (Wildman–Crippen LogP) is 1.65. The Morgan fingerprint density at radius 1 is 1.57 bits per heavy atom. The van der Waals surface area contributed by atoms with E-state index in [1.54, 1.807) is 17.5 Å². The first-order valence-electron chi connectivity index (χ1n) is 7.04. The lowest BCUT2D eigenvalue weighted by atomic mass is 10.0. The molecule has 3 rings (SSSR count). The van der Waals surface area contributed by atoms with E-state index in [1.165, 1.54) is 4.88 Å². The van der Waals surface area contributed by atoms with E-state index in [0.29, 0.717) is 18.7 Å². The fourth-order valence-electron chi connectivity index (χ4n) is 2.45. The zero-order chi connectivity index (χ0) is 14.7. The summed E-state index contributed by atoms with van der Waals surface area (Å²) in [7, 11) is 0. The van der Waals surface area contributed by atoms with Gasteiger partial charge in [0.05, 0.1) is 29.1 Å². The van der Waals surface area contributed by atoms with Gasteiger partial charge in [-0.3, -0.25) is 9.89 Å². The van der Waals surface area contributed by atoms with Gasteiger partial charge in [0.25, 0.3) is 5.91 Å². The van der Waals surface area contributed by atoms with Crippen LogP contribution in [0.1, 0.15) is 38.3 Å². The maximum Gasteiger partial charge on any atom is 0.254 e. The maximum absolute atomic E-state index is 12.2. The van der Waals surface area contributed by atoms with E-state index in [9.17, 15) is 4.79 Å². The van der Waals surface area contributed by atoms with E-state index in [0.717, 1.165) is 30.2 Å². The Morgan fingerprint density at radius 3 is 3.19 bits per heavy atom. The van der Waals surface area contributed by atoms with Crippen molar-refractivity contribution in [1.82, 2.24) is 20.5 Å². The van der Waals surface area contributed by atoms with Crippen molar-refractivity contribution in [2.75, 3.05) is 19.8 Å². The van der Waals surface area contributed by atoms with Gasteiger partial charge in [0, 0.05) is 36.6 Å². The molecule has 2 aromatic rings. The Hall–Kier alpha value is -1.73. The average Bonchev–Trinajstić information content (AvgIpc) is 3.19. The lowest BCUT2D eigenvalue weighted by Crippen LogP contribution is -2.26. The molecule has 1 aliphatic rings. The first-order chi connectivity index (χ1) is 10.2. The number of carbonyl (C=O) groups excluding carboxylic acids is 1. The number of nitrogens with zero attached hydrogens (tertiary/aromatic N) is 2. The van der Waals surface area contributed by atoms with E-state index < -0.39 is 0 Å². The monoisotopic (exact) mass is 306 g/mol. The summed E-state index contributed by atoms with van der Waals surface area (Å²) in [4.78, 5) is 17.7. The predicted molar refractivity (Wildman–Crippen MR) is 79.7 cm³/mol. The number of amides is 1. The molecule has 7 heteroatoms. The minimum atomic E-state index is -0.0843. The van der Waals surface area contributed by atoms with Crippen molar-refractivity contribution >= 4 is 17.2 Å². The summed E-state index contributed by atoms with van der Waals surface area (Å²) < 4.78 is 5.37. The average molecular weight is 306 g/mol. The standard InChI is InChI=1S/C14H18N4O2S/c1-9-6-16-12(21-9)2-4-15-14(19)11-7-17-18-13(11)10-3-5-20-8-10/h6-7,10H,2-5,8H2,1H3,(H,15,19)(H,17,18)/t10-/m1/s1. The van der Waals surface area contributed by atoms with Gasteiger partial charge in [0.1, 0.15) is 0 Å². The van der Waals surface area contributed by atoms with Gasteiger partial charge in [-0.25, -0.2) is 4.98 Å². The number of aromatic nitrogens is 3. The fraction of sp³-hybridized carbons (Fsp3) is 0.500. The molecule has 1 aliphatic heterocycles. The van der Waals surface area contributed by atoms with Gasteiger partial charge in [-0.1, -0.05) is 0 Å². The molecule has 2 aromatic heterocycles. The van der Waals surface area contributed by atoms with Gasteiger partial charge < -0.3 is 10.1 Å². The number of aromatic amines is 1. The maximum atomic E-state index is 12.2. The number of carbonyl (C=O) groups is 1. The summed E-state index contributed by atoms with van der Waals surface area (Å²) in [6.45, 7) is 4.01. The van der Waals surface area contributed by atoms with Crippen LogP contribution in [0.4, 0.5) is 0 Å². The quantitative estimate of drug-likeness (QED) is 0.880. The molecule has 1 atom stereocenters. The van der Waals surface area contributed by atoms with Crippen molar-refractivity contribution in [2.45, 2.75) is 25.7 Å². The number of thiazole rings is 1. The molecule has 0 aromatic carbocycles. The third-order valence-corrected chi connectivity index (χ3v) is 4.52. The van der Waals surface area contributed by atoms with Gasteiger partial charge in [0.15, 0.2) is 0 Å². The number of hydrogen-bond donors (Lipinski definition) is 2. The van der Waals surface area contributed by atoms with E-state index in [-0.39, 0.29) is 11.8 Å². The van der Waals surface area contributed by atoms with Gasteiger partial charge in [0.2, 0.25) is 0 Å². The minimum Gasteiger partial charge on any atom is -0.381 e. The molecule has 0 unspecified atom stereocenters. The van der Waals surface area contributed by atoms with Crippen LogP contribution in [0.2, 0.25) is 0 Å². The van der Waals surface area contributed by atoms with Crippen LogP contribution in [0.5, 0.6) is 0 Å². The molecule has 2 N–H and O–H groups in total. The number of nitrogens with one attached hydrogen (secondary N) is 2. The summed E-state index contributed by atoms with van der Waals surface area (Å²) in [5, 5.41) is 10.9. The van der Waals surface area contributed by atoms with Crippen LogP contribution in [-0.2, 0) is 11.2 Å². The minimum absolute atomic E-state index is 0.0843. The Bertz CT molecular complexity index is 616. The van der Waals surface area contributed by atoms with Crippen molar-refractivity contribution in [1.29, 1.82) is 0 Å². The number of ether oxygens (including phenoxy) is 1. The highest BCUT2D eigenvalue weighted by molar-refractivity contribution is 7.11. The lowest BCUT2D eigenvalue weighted by molar-refractivity contribution is 0.0952. The van der Waals surface area contributed by atoms with Crippen LogP contribution in [0.15, 0.2) is 12.4 Å². The molecule has 0 bridgehead atoms. The zero-order valence-corrected chi connectivity index (χ0v) is 12.7. The van der Waals surface area contributed by atoms with Crippen molar-refractivity contribution in [3.8, 4) is 0 Å². The summed E-state index contributed by atoms with van der Waals surface area (Å²) in [6, 6.07) is 0. The first-order valence-corrected chi connectivity index (χ1v) is 7.86. The molecule has 6 nitrogen and oxygen atoms in total. The number of H-pyrrole nitrogens is 1. The molecule has 0 saturated carbocycles. The topological polar surface area (TPSA) is 79.9 Å². The Morgan fingerprint density at radius 2 is 2.48 bits per heavy atom. The number of rotatable bonds is 5. The zero-order valence-electron chi connectivity index (χ0n) is 11.9. The largest absolute Gasteiger partial charge is 0.381 e. The molecule has 0 aliphatic carbocycles.